The van der Waals surface area contributed by atoms with Crippen molar-refractivity contribution in [1.82, 2.24) is 20.2 Å². The molecule has 0 bridgehead atoms. The summed E-state index contributed by atoms with van der Waals surface area (Å²) in [6.45, 7) is 1.50. The van der Waals surface area contributed by atoms with Gasteiger partial charge in [0.15, 0.2) is 0 Å². The Hall–Kier alpha value is -2.89. The molecule has 0 aliphatic carbocycles. The molecule has 0 atom stereocenters. The van der Waals surface area contributed by atoms with Gasteiger partial charge in [-0.2, -0.15) is 0 Å². The van der Waals surface area contributed by atoms with Gasteiger partial charge >= 0.3 is 12.0 Å². The summed E-state index contributed by atoms with van der Waals surface area (Å²) in [7, 11) is 1.66. The first-order valence-electron chi connectivity index (χ1n) is 7.95. The Morgan fingerprint density at radius 2 is 1.96 bits per heavy atom. The molecule has 2 aromatic rings. The maximum absolute atomic E-state index is 11.6. The summed E-state index contributed by atoms with van der Waals surface area (Å²) >= 11 is 0. The zero-order chi connectivity index (χ0) is 16.8. The van der Waals surface area contributed by atoms with Gasteiger partial charge in [0.2, 0.25) is 0 Å². The van der Waals surface area contributed by atoms with Crippen molar-refractivity contribution in [3.63, 3.8) is 0 Å². The number of ether oxygens (including phenoxy) is 1. The van der Waals surface area contributed by atoms with E-state index in [1.54, 1.807) is 25.5 Å². The van der Waals surface area contributed by atoms with Crippen molar-refractivity contribution in [2.24, 2.45) is 0 Å². The average molecular weight is 324 g/mol. The van der Waals surface area contributed by atoms with Crippen LogP contribution in [0.2, 0.25) is 0 Å². The van der Waals surface area contributed by atoms with Crippen LogP contribution in [0.5, 0.6) is 11.8 Å². The highest BCUT2D eigenvalue weighted by Crippen LogP contribution is 2.23. The first kappa shape index (κ1) is 16.0. The Labute approximate surface area is 141 Å². The molecule has 1 aromatic carbocycles. The molecular weight excluding hydrogens is 304 g/mol. The van der Waals surface area contributed by atoms with Crippen molar-refractivity contribution < 1.29 is 9.53 Å². The number of benzene rings is 1. The van der Waals surface area contributed by atoms with E-state index in [0.717, 1.165) is 31.5 Å². The molecule has 1 aliphatic heterocycles. The summed E-state index contributed by atoms with van der Waals surface area (Å²) in [6, 6.07) is 9.91. The van der Waals surface area contributed by atoms with Crippen molar-refractivity contribution in [1.29, 1.82) is 0 Å². The third kappa shape index (κ3) is 4.10. The van der Waals surface area contributed by atoms with Gasteiger partial charge in [0.05, 0.1) is 0 Å². The number of nitrogens with zero attached hydrogens (tertiary/aromatic N) is 3. The zero-order valence-electron chi connectivity index (χ0n) is 13.6. The number of nitrogens with one attached hydrogen (secondary N) is 1. The molecule has 1 aliphatic rings. The van der Waals surface area contributed by atoms with Crippen LogP contribution in [0.3, 0.4) is 0 Å². The number of piperidine rings is 1. The Morgan fingerprint density at radius 1 is 1.21 bits per heavy atom. The van der Waals surface area contributed by atoms with Gasteiger partial charge in [-0.1, -0.05) is 23.8 Å². The van der Waals surface area contributed by atoms with Crippen molar-refractivity contribution in [2.75, 3.05) is 20.1 Å². The Kier molecular flexibility index (Phi) is 5.05. The molecule has 2 amide bonds. The van der Waals surface area contributed by atoms with Crippen LogP contribution in [0.4, 0.5) is 4.79 Å². The van der Waals surface area contributed by atoms with E-state index in [-0.39, 0.29) is 6.03 Å². The van der Waals surface area contributed by atoms with Gasteiger partial charge in [0, 0.05) is 32.5 Å². The van der Waals surface area contributed by atoms with E-state index in [4.69, 9.17) is 4.74 Å². The minimum atomic E-state index is -0.00712. The number of amides is 2. The minimum absolute atomic E-state index is 0.00712. The third-order valence-corrected chi connectivity index (χ3v) is 3.89. The van der Waals surface area contributed by atoms with Gasteiger partial charge in [0.25, 0.3) is 0 Å². The minimum Gasteiger partial charge on any atom is -0.424 e. The SMILES string of the molecule is CNC(=O)N1CCC(=Cc2cccc(Oc3ncccn3)c2)CC1. The van der Waals surface area contributed by atoms with Crippen molar-refractivity contribution in [2.45, 2.75) is 12.8 Å². The summed E-state index contributed by atoms with van der Waals surface area (Å²) in [5, 5.41) is 2.67. The summed E-state index contributed by atoms with van der Waals surface area (Å²) in [5.41, 5.74) is 2.41. The molecule has 1 fully saturated rings. The van der Waals surface area contributed by atoms with E-state index in [2.05, 4.69) is 21.4 Å². The number of hydrogen-bond donors (Lipinski definition) is 1. The van der Waals surface area contributed by atoms with Gasteiger partial charge in [-0.25, -0.2) is 14.8 Å². The van der Waals surface area contributed by atoms with Gasteiger partial charge < -0.3 is 15.0 Å². The number of carbonyl (C=O) groups is 1. The Balaban J connectivity index is 1.66. The van der Waals surface area contributed by atoms with Gasteiger partial charge in [-0.05, 0) is 36.6 Å². The fourth-order valence-electron chi connectivity index (χ4n) is 2.65. The number of rotatable bonds is 3. The number of likely N-dealkylation sites (tertiary alicyclic amines) is 1. The van der Waals surface area contributed by atoms with Crippen LogP contribution in [0.1, 0.15) is 18.4 Å². The maximum atomic E-state index is 11.6. The van der Waals surface area contributed by atoms with Gasteiger partial charge in [0.1, 0.15) is 5.75 Å². The highest BCUT2D eigenvalue weighted by Gasteiger charge is 2.17. The average Bonchev–Trinajstić information content (AvgIpc) is 2.63. The lowest BCUT2D eigenvalue weighted by molar-refractivity contribution is 0.196. The highest BCUT2D eigenvalue weighted by molar-refractivity contribution is 5.74. The van der Waals surface area contributed by atoms with Crippen LogP contribution in [0.15, 0.2) is 48.3 Å². The third-order valence-electron chi connectivity index (χ3n) is 3.89. The lowest BCUT2D eigenvalue weighted by Gasteiger charge is -2.28. The molecule has 124 valence electrons. The van der Waals surface area contributed by atoms with E-state index in [9.17, 15) is 4.79 Å². The molecule has 6 heteroatoms. The molecule has 0 spiro atoms. The second kappa shape index (κ2) is 7.59. The molecule has 2 heterocycles. The maximum Gasteiger partial charge on any atom is 0.321 e. The number of urea groups is 1. The fraction of sp³-hybridized carbons (Fsp3) is 0.278. The lowest BCUT2D eigenvalue weighted by atomic mass is 10.0. The fourth-order valence-corrected chi connectivity index (χ4v) is 2.65. The first-order valence-corrected chi connectivity index (χ1v) is 7.95. The largest absolute Gasteiger partial charge is 0.424 e. The van der Waals surface area contributed by atoms with Crippen LogP contribution in [-0.4, -0.2) is 41.0 Å². The molecule has 0 radical (unpaired) electrons. The van der Waals surface area contributed by atoms with Crippen LogP contribution in [0.25, 0.3) is 6.08 Å². The molecule has 1 N–H and O–H groups in total. The smallest absolute Gasteiger partial charge is 0.321 e. The Bertz CT molecular complexity index is 721. The van der Waals surface area contributed by atoms with Crippen LogP contribution < -0.4 is 10.1 Å². The predicted octanol–water partition coefficient (Wildman–Crippen LogP) is 3.09. The lowest BCUT2D eigenvalue weighted by Crippen LogP contribution is -2.41. The number of aromatic nitrogens is 2. The van der Waals surface area contributed by atoms with E-state index in [1.165, 1.54) is 5.57 Å². The summed E-state index contributed by atoms with van der Waals surface area (Å²) in [5.74, 6) is 0.707. The van der Waals surface area contributed by atoms with Crippen molar-refractivity contribution in [3.05, 3.63) is 53.9 Å². The van der Waals surface area contributed by atoms with Gasteiger partial charge in [-0.15, -0.1) is 0 Å². The molecule has 3 rings (SSSR count). The highest BCUT2D eigenvalue weighted by atomic mass is 16.5. The molecule has 0 saturated carbocycles. The molecule has 1 aromatic heterocycles. The standard InChI is InChI=1S/C18H20N4O2/c1-19-18(23)22-10-6-14(7-11-22)12-15-4-2-5-16(13-15)24-17-20-8-3-9-21-17/h2-5,8-9,12-13H,6-7,10-11H2,1H3,(H,19,23). The second-order valence-electron chi connectivity index (χ2n) is 5.55. The zero-order valence-corrected chi connectivity index (χ0v) is 13.6. The Morgan fingerprint density at radius 3 is 2.67 bits per heavy atom. The first-order chi connectivity index (χ1) is 11.7. The van der Waals surface area contributed by atoms with E-state index >= 15 is 0 Å². The van der Waals surface area contributed by atoms with Crippen LogP contribution in [-0.2, 0) is 0 Å². The molecule has 0 unspecified atom stereocenters. The second-order valence-corrected chi connectivity index (χ2v) is 5.55. The van der Waals surface area contributed by atoms with Crippen LogP contribution in [0, 0.1) is 0 Å². The molecule has 1 saturated heterocycles. The predicted molar refractivity (Wildman–Crippen MR) is 91.8 cm³/mol. The summed E-state index contributed by atoms with van der Waals surface area (Å²) in [6.07, 6.45) is 7.24. The molecular formula is C18H20N4O2. The quantitative estimate of drug-likeness (QED) is 0.942. The van der Waals surface area contributed by atoms with Crippen molar-refractivity contribution in [3.8, 4) is 11.8 Å². The van der Waals surface area contributed by atoms with E-state index in [0.29, 0.717) is 11.8 Å². The number of hydrogen-bond acceptors (Lipinski definition) is 4. The summed E-state index contributed by atoms with van der Waals surface area (Å²) < 4.78 is 5.66. The van der Waals surface area contributed by atoms with E-state index < -0.39 is 0 Å². The van der Waals surface area contributed by atoms with Crippen LogP contribution >= 0.6 is 0 Å². The van der Waals surface area contributed by atoms with E-state index in [1.807, 2.05) is 29.2 Å². The normalized spacial score (nSPS) is 14.2. The topological polar surface area (TPSA) is 67.4 Å². The van der Waals surface area contributed by atoms with Crippen molar-refractivity contribution >= 4 is 12.1 Å². The molecule has 6 nitrogen and oxygen atoms in total. The molecule has 24 heavy (non-hydrogen) atoms. The number of carbonyl (C=O) groups excluding carboxylic acids is 1. The monoisotopic (exact) mass is 324 g/mol. The summed E-state index contributed by atoms with van der Waals surface area (Å²) in [4.78, 5) is 21.6. The van der Waals surface area contributed by atoms with Gasteiger partial charge in [-0.3, -0.25) is 0 Å².